The molecule has 2 heterocycles. The van der Waals surface area contributed by atoms with Gasteiger partial charge in [-0.25, -0.2) is 4.98 Å². The molecule has 6 nitrogen and oxygen atoms in total. The second-order valence-electron chi connectivity index (χ2n) is 12.0. The molecule has 1 saturated heterocycles. The topological polar surface area (TPSA) is 79.4 Å². The molecule has 2 atom stereocenters. The van der Waals surface area contributed by atoms with Crippen LogP contribution in [-0.4, -0.2) is 53.0 Å². The second-order valence-corrected chi connectivity index (χ2v) is 13.1. The van der Waals surface area contributed by atoms with E-state index in [9.17, 15) is 14.4 Å². The molecule has 0 radical (unpaired) electrons. The van der Waals surface area contributed by atoms with Crippen LogP contribution in [0.2, 0.25) is 0 Å². The van der Waals surface area contributed by atoms with Crippen molar-refractivity contribution in [2.24, 2.45) is 11.8 Å². The van der Waals surface area contributed by atoms with Gasteiger partial charge in [-0.15, -0.1) is 11.3 Å². The van der Waals surface area contributed by atoms with E-state index >= 15 is 0 Å². The molecule has 39 heavy (non-hydrogen) atoms. The van der Waals surface area contributed by atoms with E-state index in [4.69, 9.17) is 4.98 Å². The van der Waals surface area contributed by atoms with Gasteiger partial charge in [-0.2, -0.15) is 0 Å². The first-order chi connectivity index (χ1) is 18.7. The number of carbonyl (C=O) groups is 3. The smallest absolute Gasteiger partial charge is 0.224 e. The summed E-state index contributed by atoms with van der Waals surface area (Å²) >= 11 is 1.62. The van der Waals surface area contributed by atoms with Crippen molar-refractivity contribution < 1.29 is 14.4 Å². The molecular formula is C32H45N3O3S. The molecule has 1 aliphatic carbocycles. The Labute approximate surface area is 237 Å². The number of thiazole rings is 1. The lowest BCUT2D eigenvalue weighted by atomic mass is 9.90. The lowest BCUT2D eigenvalue weighted by Crippen LogP contribution is -2.44. The highest BCUT2D eigenvalue weighted by molar-refractivity contribution is 7.18. The van der Waals surface area contributed by atoms with E-state index in [0.717, 1.165) is 54.0 Å². The Morgan fingerprint density at radius 1 is 1.13 bits per heavy atom. The summed E-state index contributed by atoms with van der Waals surface area (Å²) in [5, 5.41) is 4.19. The normalized spacial score (nSPS) is 18.1. The maximum Gasteiger partial charge on any atom is 0.224 e. The molecule has 2 fully saturated rings. The van der Waals surface area contributed by atoms with Crippen molar-refractivity contribution in [1.82, 2.24) is 15.2 Å². The van der Waals surface area contributed by atoms with Gasteiger partial charge in [0, 0.05) is 37.4 Å². The van der Waals surface area contributed by atoms with Crippen molar-refractivity contribution in [2.75, 3.05) is 19.6 Å². The van der Waals surface area contributed by atoms with Gasteiger partial charge in [0.15, 0.2) is 5.78 Å². The molecule has 0 spiro atoms. The van der Waals surface area contributed by atoms with Gasteiger partial charge in [0.05, 0.1) is 21.1 Å². The summed E-state index contributed by atoms with van der Waals surface area (Å²) < 4.78 is 1.12. The van der Waals surface area contributed by atoms with Crippen LogP contribution in [0.1, 0.15) is 95.0 Å². The average molecular weight is 552 g/mol. The second kappa shape index (κ2) is 13.8. The number of aromatic nitrogens is 1. The Balaban J connectivity index is 1.41. The number of amides is 1. The van der Waals surface area contributed by atoms with E-state index in [0.29, 0.717) is 43.2 Å². The van der Waals surface area contributed by atoms with E-state index in [1.807, 2.05) is 0 Å². The fourth-order valence-electron chi connectivity index (χ4n) is 6.10. The molecular weight excluding hydrogens is 506 g/mol. The third-order valence-electron chi connectivity index (χ3n) is 8.44. The number of nitrogens with one attached hydrogen (secondary N) is 1. The molecule has 2 aliphatic rings. The number of hydrogen-bond acceptors (Lipinski definition) is 6. The van der Waals surface area contributed by atoms with Crippen molar-refractivity contribution in [2.45, 2.75) is 96.9 Å². The summed E-state index contributed by atoms with van der Waals surface area (Å²) in [5.74, 6) is 0.375. The van der Waals surface area contributed by atoms with Gasteiger partial charge in [0.1, 0.15) is 5.78 Å². The van der Waals surface area contributed by atoms with Crippen molar-refractivity contribution in [3.05, 3.63) is 40.9 Å². The van der Waals surface area contributed by atoms with Crippen LogP contribution in [0.3, 0.4) is 0 Å². The highest BCUT2D eigenvalue weighted by Gasteiger charge is 2.31. The molecule has 1 aliphatic heterocycles. The van der Waals surface area contributed by atoms with Gasteiger partial charge in [-0.05, 0) is 81.6 Å². The van der Waals surface area contributed by atoms with Gasteiger partial charge in [0.2, 0.25) is 5.91 Å². The van der Waals surface area contributed by atoms with E-state index < -0.39 is 5.92 Å². The molecule has 0 unspecified atom stereocenters. The largest absolute Gasteiger partial charge is 0.353 e. The predicted molar refractivity (Wildman–Crippen MR) is 159 cm³/mol. The number of rotatable bonds is 14. The van der Waals surface area contributed by atoms with Gasteiger partial charge in [-0.1, -0.05) is 39.3 Å². The Morgan fingerprint density at radius 3 is 2.51 bits per heavy atom. The SMILES string of the molecule is C=C(CN1CCCC1)C(=O)CC[C@@H](NC(=O)[C@@H](CC(C)=O)Cc1nc2ccc(C(C)C)cc2s1)C1CCCC1. The summed E-state index contributed by atoms with van der Waals surface area (Å²) in [5.41, 5.74) is 2.89. The lowest BCUT2D eigenvalue weighted by molar-refractivity contribution is -0.129. The highest BCUT2D eigenvalue weighted by atomic mass is 32.1. The lowest BCUT2D eigenvalue weighted by Gasteiger charge is -2.27. The zero-order chi connectivity index (χ0) is 27.9. The minimum Gasteiger partial charge on any atom is -0.353 e. The third kappa shape index (κ3) is 8.31. The van der Waals surface area contributed by atoms with Crippen LogP contribution in [0.25, 0.3) is 10.2 Å². The van der Waals surface area contributed by atoms with Crippen LogP contribution in [0.15, 0.2) is 30.4 Å². The molecule has 1 aromatic carbocycles. The van der Waals surface area contributed by atoms with E-state index in [-0.39, 0.29) is 29.9 Å². The van der Waals surface area contributed by atoms with Crippen LogP contribution >= 0.6 is 11.3 Å². The van der Waals surface area contributed by atoms with Gasteiger partial charge < -0.3 is 10.1 Å². The summed E-state index contributed by atoms with van der Waals surface area (Å²) in [6, 6.07) is 6.30. The first kappa shape index (κ1) is 29.6. The Bertz CT molecular complexity index is 1170. The van der Waals surface area contributed by atoms with Crippen molar-refractivity contribution in [3.63, 3.8) is 0 Å². The quantitative estimate of drug-likeness (QED) is 0.282. The fourth-order valence-corrected chi connectivity index (χ4v) is 7.19. The molecule has 1 amide bonds. The van der Waals surface area contributed by atoms with Crippen LogP contribution in [-0.2, 0) is 20.8 Å². The van der Waals surface area contributed by atoms with Crippen LogP contribution < -0.4 is 5.32 Å². The molecule has 4 rings (SSSR count). The summed E-state index contributed by atoms with van der Waals surface area (Å²) in [6.07, 6.45) is 8.52. The molecule has 0 bridgehead atoms. The zero-order valence-electron chi connectivity index (χ0n) is 24.0. The number of carbonyl (C=O) groups excluding carboxylic acids is 3. The van der Waals surface area contributed by atoms with E-state index in [2.05, 4.69) is 48.8 Å². The standard InChI is InChI=1S/C32H45N3O3S/c1-21(2)25-11-12-28-30(18-25)39-31(33-28)19-26(17-23(4)36)32(38)34-27(24-9-5-6-10-24)13-14-29(37)22(3)20-35-15-7-8-16-35/h11-12,18,21,24,26-27H,3,5-10,13-17,19-20H2,1-2,4H3,(H,34,38)/t26-,27+/m0/s1. The summed E-state index contributed by atoms with van der Waals surface area (Å²) in [6.45, 7) is 12.7. The first-order valence-corrected chi connectivity index (χ1v) is 15.6. The highest BCUT2D eigenvalue weighted by Crippen LogP contribution is 2.31. The van der Waals surface area contributed by atoms with Crippen molar-refractivity contribution in [3.8, 4) is 0 Å². The minimum absolute atomic E-state index is 0.00385. The number of hydrogen-bond donors (Lipinski definition) is 1. The summed E-state index contributed by atoms with van der Waals surface area (Å²) in [4.78, 5) is 45.8. The number of nitrogens with zero attached hydrogens (tertiary/aromatic N) is 2. The Morgan fingerprint density at radius 2 is 1.85 bits per heavy atom. The van der Waals surface area contributed by atoms with Gasteiger partial charge in [0.25, 0.3) is 0 Å². The first-order valence-electron chi connectivity index (χ1n) is 14.8. The third-order valence-corrected chi connectivity index (χ3v) is 9.48. The van der Waals surface area contributed by atoms with Crippen molar-refractivity contribution in [1.29, 1.82) is 0 Å². The minimum atomic E-state index is -0.461. The molecule has 2 aromatic rings. The summed E-state index contributed by atoms with van der Waals surface area (Å²) in [7, 11) is 0. The number of Topliss-reactive ketones (excluding diaryl/α,β-unsaturated/α-hetero) is 2. The van der Waals surface area contributed by atoms with E-state index in [1.54, 1.807) is 18.3 Å². The number of benzene rings is 1. The van der Waals surface area contributed by atoms with Gasteiger partial charge >= 0.3 is 0 Å². The Kier molecular flexibility index (Phi) is 10.5. The Hall–Kier alpha value is -2.38. The van der Waals surface area contributed by atoms with Crippen LogP contribution in [0, 0.1) is 11.8 Å². The molecule has 212 valence electrons. The fraction of sp³-hybridized carbons (Fsp3) is 0.625. The maximum atomic E-state index is 13.6. The number of fused-ring (bicyclic) bond motifs is 1. The number of ketones is 2. The molecule has 7 heteroatoms. The van der Waals surface area contributed by atoms with Crippen LogP contribution in [0.5, 0.6) is 0 Å². The zero-order valence-corrected chi connectivity index (χ0v) is 24.8. The molecule has 1 N–H and O–H groups in total. The average Bonchev–Trinajstić information content (AvgIpc) is 3.67. The van der Waals surface area contributed by atoms with Gasteiger partial charge in [-0.3, -0.25) is 14.5 Å². The van der Waals surface area contributed by atoms with E-state index in [1.165, 1.54) is 18.4 Å². The molecule has 1 saturated carbocycles. The predicted octanol–water partition coefficient (Wildman–Crippen LogP) is 6.23. The molecule has 1 aromatic heterocycles. The number of likely N-dealkylation sites (tertiary alicyclic amines) is 1. The van der Waals surface area contributed by atoms with Crippen molar-refractivity contribution >= 4 is 39.0 Å². The monoisotopic (exact) mass is 551 g/mol. The maximum absolute atomic E-state index is 13.6. The van der Waals surface area contributed by atoms with Crippen LogP contribution in [0.4, 0.5) is 0 Å².